The van der Waals surface area contributed by atoms with Crippen LogP contribution in [0.2, 0.25) is 0 Å². The van der Waals surface area contributed by atoms with Crippen molar-refractivity contribution in [2.45, 2.75) is 56.7 Å². The minimum absolute atomic E-state index is 0.650. The molecule has 0 radical (unpaired) electrons. The number of hydrogen-bond donors (Lipinski definition) is 1. The molecule has 0 aliphatic heterocycles. The molecule has 0 bridgehead atoms. The van der Waals surface area contributed by atoms with Gasteiger partial charge in [-0.1, -0.05) is 12.1 Å². The normalized spacial score (nSPS) is 26.5. The van der Waals surface area contributed by atoms with E-state index in [9.17, 15) is 0 Å². The van der Waals surface area contributed by atoms with E-state index in [0.717, 1.165) is 24.3 Å². The second-order valence-corrected chi connectivity index (χ2v) is 6.79. The van der Waals surface area contributed by atoms with E-state index in [1.54, 1.807) is 7.11 Å². The molecule has 2 aliphatic carbocycles. The summed E-state index contributed by atoms with van der Waals surface area (Å²) in [5.41, 5.74) is 1.46. The third-order valence-corrected chi connectivity index (χ3v) is 5.25. The van der Waals surface area contributed by atoms with Crippen molar-refractivity contribution in [3.63, 3.8) is 0 Å². The smallest absolute Gasteiger partial charge is 0.118 e. The lowest BCUT2D eigenvalue weighted by molar-refractivity contribution is 0.213. The number of benzene rings is 1. The van der Waals surface area contributed by atoms with Crippen LogP contribution in [0.1, 0.15) is 44.1 Å². The molecule has 1 aromatic carbocycles. The van der Waals surface area contributed by atoms with Crippen molar-refractivity contribution < 1.29 is 4.74 Å². The van der Waals surface area contributed by atoms with Gasteiger partial charge in [0.05, 0.1) is 7.11 Å². The molecular weight excluding hydrogens is 260 g/mol. The van der Waals surface area contributed by atoms with Crippen LogP contribution in [-0.2, 0) is 0 Å². The third-order valence-electron chi connectivity index (χ3n) is 5.25. The Labute approximate surface area is 128 Å². The molecule has 3 nitrogen and oxygen atoms in total. The summed E-state index contributed by atoms with van der Waals surface area (Å²) in [6.45, 7) is 3.46. The highest BCUT2D eigenvalue weighted by molar-refractivity contribution is 5.30. The van der Waals surface area contributed by atoms with Crippen LogP contribution in [0, 0.1) is 0 Å². The Bertz CT molecular complexity index is 449. The van der Waals surface area contributed by atoms with Gasteiger partial charge in [0.2, 0.25) is 0 Å². The quantitative estimate of drug-likeness (QED) is 0.834. The van der Waals surface area contributed by atoms with E-state index in [0.29, 0.717) is 12.1 Å². The molecule has 2 saturated carbocycles. The van der Waals surface area contributed by atoms with E-state index in [2.05, 4.69) is 48.5 Å². The number of methoxy groups -OCH3 is 1. The predicted molar refractivity (Wildman–Crippen MR) is 87.0 cm³/mol. The lowest BCUT2D eigenvalue weighted by atomic mass is 9.76. The maximum atomic E-state index is 5.22. The first kappa shape index (κ1) is 14.9. The molecule has 2 aliphatic rings. The predicted octanol–water partition coefficient (Wildman–Crippen LogP) is 3.01. The molecular formula is C18H28N2O. The molecule has 1 atom stereocenters. The Hall–Kier alpha value is -1.06. The Balaban J connectivity index is 1.38. The molecule has 3 heteroatoms. The largest absolute Gasteiger partial charge is 0.497 e. The van der Waals surface area contributed by atoms with Gasteiger partial charge in [-0.2, -0.15) is 0 Å². The van der Waals surface area contributed by atoms with Crippen LogP contribution in [0.15, 0.2) is 24.3 Å². The summed E-state index contributed by atoms with van der Waals surface area (Å²) < 4.78 is 5.22. The molecule has 1 unspecified atom stereocenters. The molecule has 2 fully saturated rings. The molecule has 1 N–H and O–H groups in total. The molecule has 0 aromatic heterocycles. The van der Waals surface area contributed by atoms with Crippen molar-refractivity contribution in [2.75, 3.05) is 20.7 Å². The van der Waals surface area contributed by atoms with Crippen LogP contribution >= 0.6 is 0 Å². The second-order valence-electron chi connectivity index (χ2n) is 6.79. The number of nitrogens with zero attached hydrogens (tertiary/aromatic N) is 1. The highest BCUT2D eigenvalue weighted by Gasteiger charge is 2.32. The van der Waals surface area contributed by atoms with E-state index in [4.69, 9.17) is 4.74 Å². The highest BCUT2D eigenvalue weighted by Crippen LogP contribution is 2.37. The third kappa shape index (κ3) is 3.58. The first-order valence-corrected chi connectivity index (χ1v) is 8.26. The van der Waals surface area contributed by atoms with Gasteiger partial charge in [-0.05, 0) is 63.3 Å². The Morgan fingerprint density at radius 2 is 1.90 bits per heavy atom. The molecule has 0 heterocycles. The summed E-state index contributed by atoms with van der Waals surface area (Å²) in [5.74, 6) is 1.68. The molecule has 1 aromatic rings. The molecule has 0 amide bonds. The van der Waals surface area contributed by atoms with E-state index in [1.165, 1.54) is 31.2 Å². The Morgan fingerprint density at radius 1 is 1.24 bits per heavy atom. The van der Waals surface area contributed by atoms with Crippen molar-refractivity contribution in [2.24, 2.45) is 0 Å². The Morgan fingerprint density at radius 3 is 2.48 bits per heavy atom. The SMILES string of the molecule is COc1ccc(C2CC(NCC(C)N(C)C3CC3)C2)cc1. The minimum atomic E-state index is 0.650. The maximum absolute atomic E-state index is 5.22. The van der Waals surface area contributed by atoms with Crippen molar-refractivity contribution in [1.82, 2.24) is 10.2 Å². The van der Waals surface area contributed by atoms with Crippen LogP contribution in [0.3, 0.4) is 0 Å². The van der Waals surface area contributed by atoms with Gasteiger partial charge in [0, 0.05) is 24.7 Å². The first-order chi connectivity index (χ1) is 10.2. The molecule has 0 spiro atoms. The number of hydrogen-bond acceptors (Lipinski definition) is 3. The average Bonchev–Trinajstić information content (AvgIpc) is 3.29. The van der Waals surface area contributed by atoms with Gasteiger partial charge in [0.1, 0.15) is 5.75 Å². The number of rotatable bonds is 7. The van der Waals surface area contributed by atoms with Crippen LogP contribution in [0.4, 0.5) is 0 Å². The average molecular weight is 288 g/mol. The van der Waals surface area contributed by atoms with Gasteiger partial charge in [-0.25, -0.2) is 0 Å². The first-order valence-electron chi connectivity index (χ1n) is 8.26. The summed E-state index contributed by atoms with van der Waals surface area (Å²) in [6.07, 6.45) is 5.33. The van der Waals surface area contributed by atoms with Gasteiger partial charge in [-0.15, -0.1) is 0 Å². The fourth-order valence-electron chi connectivity index (χ4n) is 3.26. The van der Waals surface area contributed by atoms with Crippen molar-refractivity contribution in [3.8, 4) is 5.75 Å². The van der Waals surface area contributed by atoms with Crippen LogP contribution < -0.4 is 10.1 Å². The van der Waals surface area contributed by atoms with Gasteiger partial charge >= 0.3 is 0 Å². The summed E-state index contributed by atoms with van der Waals surface area (Å²) in [6, 6.07) is 10.8. The second kappa shape index (κ2) is 6.37. The Kier molecular flexibility index (Phi) is 4.51. The van der Waals surface area contributed by atoms with Crippen LogP contribution in [0.25, 0.3) is 0 Å². The van der Waals surface area contributed by atoms with E-state index >= 15 is 0 Å². The fourth-order valence-corrected chi connectivity index (χ4v) is 3.26. The monoisotopic (exact) mass is 288 g/mol. The highest BCUT2D eigenvalue weighted by atomic mass is 16.5. The summed E-state index contributed by atoms with van der Waals surface area (Å²) in [5, 5.41) is 3.74. The minimum Gasteiger partial charge on any atom is -0.497 e. The topological polar surface area (TPSA) is 24.5 Å². The van der Waals surface area contributed by atoms with Crippen molar-refractivity contribution in [3.05, 3.63) is 29.8 Å². The number of nitrogens with one attached hydrogen (secondary N) is 1. The van der Waals surface area contributed by atoms with E-state index < -0.39 is 0 Å². The molecule has 3 rings (SSSR count). The summed E-state index contributed by atoms with van der Waals surface area (Å²) in [4.78, 5) is 2.53. The zero-order valence-electron chi connectivity index (χ0n) is 13.5. The lowest BCUT2D eigenvalue weighted by Crippen LogP contribution is -2.46. The van der Waals surface area contributed by atoms with Gasteiger partial charge in [-0.3, -0.25) is 4.90 Å². The molecule has 0 saturated heterocycles. The number of ether oxygens (including phenoxy) is 1. The van der Waals surface area contributed by atoms with E-state index in [1.807, 2.05) is 0 Å². The number of likely N-dealkylation sites (N-methyl/N-ethyl adjacent to an activating group) is 1. The molecule has 21 heavy (non-hydrogen) atoms. The summed E-state index contributed by atoms with van der Waals surface area (Å²) in [7, 11) is 3.99. The maximum Gasteiger partial charge on any atom is 0.118 e. The van der Waals surface area contributed by atoms with Crippen LogP contribution in [0.5, 0.6) is 5.75 Å². The van der Waals surface area contributed by atoms with E-state index in [-0.39, 0.29) is 0 Å². The zero-order chi connectivity index (χ0) is 14.8. The zero-order valence-corrected chi connectivity index (χ0v) is 13.5. The van der Waals surface area contributed by atoms with Crippen molar-refractivity contribution in [1.29, 1.82) is 0 Å². The van der Waals surface area contributed by atoms with Crippen LogP contribution in [-0.4, -0.2) is 43.7 Å². The molecule has 116 valence electrons. The lowest BCUT2D eigenvalue weighted by Gasteiger charge is -2.38. The van der Waals surface area contributed by atoms with Gasteiger partial charge < -0.3 is 10.1 Å². The van der Waals surface area contributed by atoms with Gasteiger partial charge in [0.15, 0.2) is 0 Å². The summed E-state index contributed by atoms with van der Waals surface area (Å²) >= 11 is 0. The standard InChI is InChI=1S/C18H28N2O/c1-13(20(2)17-6-7-17)12-19-16-10-15(11-16)14-4-8-18(21-3)9-5-14/h4-5,8-9,13,15-17,19H,6-7,10-12H2,1-3H3. The fraction of sp³-hybridized carbons (Fsp3) is 0.667. The van der Waals surface area contributed by atoms with Crippen molar-refractivity contribution >= 4 is 0 Å². The van der Waals surface area contributed by atoms with Gasteiger partial charge in [0.25, 0.3) is 0 Å².